The summed E-state index contributed by atoms with van der Waals surface area (Å²) in [5.74, 6) is 0.901. The Morgan fingerprint density at radius 3 is 2.00 bits per heavy atom. The Hall–Kier alpha value is 0.270. The van der Waals surface area contributed by atoms with Crippen LogP contribution in [0.3, 0.4) is 0 Å². The van der Waals surface area contributed by atoms with E-state index in [4.69, 9.17) is 16.3 Å². The minimum atomic E-state index is 0.740. The Bertz CT molecular complexity index is 277. The van der Waals surface area contributed by atoms with Gasteiger partial charge in [-0.2, -0.15) is 0 Å². The topological polar surface area (TPSA) is 9.23 Å². The predicted molar refractivity (Wildman–Crippen MR) is 63.3 cm³/mol. The van der Waals surface area contributed by atoms with Gasteiger partial charge in [0.1, 0.15) is 5.75 Å². The summed E-state index contributed by atoms with van der Waals surface area (Å²) >= 11 is 12.7. The largest absolute Gasteiger partial charge is 0.496 e. The summed E-state index contributed by atoms with van der Waals surface area (Å²) in [6.07, 6.45) is 0. The monoisotopic (exact) mass is 326 g/mol. The van der Waals surface area contributed by atoms with Gasteiger partial charge >= 0.3 is 0 Å². The highest BCUT2D eigenvalue weighted by atomic mass is 79.9. The van der Waals surface area contributed by atoms with Crippen molar-refractivity contribution in [1.82, 2.24) is 0 Å². The van der Waals surface area contributed by atoms with Gasteiger partial charge in [-0.1, -0.05) is 43.5 Å². The third-order valence-corrected chi connectivity index (χ3v) is 3.13. The Morgan fingerprint density at radius 2 is 1.69 bits per heavy atom. The van der Waals surface area contributed by atoms with E-state index in [1.54, 1.807) is 7.11 Å². The van der Waals surface area contributed by atoms with Gasteiger partial charge < -0.3 is 4.74 Å². The van der Waals surface area contributed by atoms with Crippen molar-refractivity contribution in [3.63, 3.8) is 0 Å². The normalized spacial score (nSPS) is 10.2. The molecule has 1 aromatic rings. The lowest BCUT2D eigenvalue weighted by Crippen LogP contribution is -1.94. The number of rotatable bonds is 3. The molecule has 0 unspecified atom stereocenters. The number of hydrogen-bond acceptors (Lipinski definition) is 1. The first kappa shape index (κ1) is 11.3. The molecule has 0 amide bonds. The molecule has 0 spiro atoms. The highest BCUT2D eigenvalue weighted by molar-refractivity contribution is 9.08. The van der Waals surface area contributed by atoms with Crippen molar-refractivity contribution in [2.24, 2.45) is 0 Å². The zero-order valence-electron chi connectivity index (χ0n) is 7.11. The molecule has 0 aromatic heterocycles. The van der Waals surface area contributed by atoms with Crippen molar-refractivity contribution >= 4 is 43.5 Å². The molecular weight excluding hydrogens is 319 g/mol. The molecule has 0 saturated heterocycles. The van der Waals surface area contributed by atoms with E-state index in [1.807, 2.05) is 12.1 Å². The van der Waals surface area contributed by atoms with Crippen LogP contribution in [0.2, 0.25) is 5.02 Å². The minimum absolute atomic E-state index is 0.740. The molecule has 1 aromatic carbocycles. The number of hydrogen-bond donors (Lipinski definition) is 0. The SMILES string of the molecule is COc1c(CBr)cc(Cl)cc1CBr. The highest BCUT2D eigenvalue weighted by Gasteiger charge is 2.08. The second kappa shape index (κ2) is 5.23. The molecule has 0 atom stereocenters. The maximum atomic E-state index is 5.94. The fourth-order valence-corrected chi connectivity index (χ4v) is 2.27. The van der Waals surface area contributed by atoms with E-state index in [0.29, 0.717) is 0 Å². The van der Waals surface area contributed by atoms with Gasteiger partial charge in [-0.3, -0.25) is 0 Å². The summed E-state index contributed by atoms with van der Waals surface area (Å²) in [5.41, 5.74) is 2.15. The maximum Gasteiger partial charge on any atom is 0.127 e. The summed E-state index contributed by atoms with van der Waals surface area (Å²) < 4.78 is 5.29. The lowest BCUT2D eigenvalue weighted by atomic mass is 10.1. The number of ether oxygens (including phenoxy) is 1. The van der Waals surface area contributed by atoms with Gasteiger partial charge in [0.05, 0.1) is 7.11 Å². The van der Waals surface area contributed by atoms with Gasteiger partial charge in [0.2, 0.25) is 0 Å². The van der Waals surface area contributed by atoms with Crippen LogP contribution >= 0.6 is 43.5 Å². The van der Waals surface area contributed by atoms with Crippen LogP contribution in [-0.2, 0) is 10.7 Å². The summed E-state index contributed by atoms with van der Waals surface area (Å²) in [6, 6.07) is 3.81. The van der Waals surface area contributed by atoms with Gasteiger partial charge in [0.25, 0.3) is 0 Å². The summed E-state index contributed by atoms with van der Waals surface area (Å²) in [5, 5.41) is 2.23. The zero-order chi connectivity index (χ0) is 9.84. The Morgan fingerprint density at radius 1 is 1.23 bits per heavy atom. The molecule has 0 saturated carbocycles. The van der Waals surface area contributed by atoms with Crippen LogP contribution in [0.25, 0.3) is 0 Å². The lowest BCUT2D eigenvalue weighted by molar-refractivity contribution is 0.408. The van der Waals surface area contributed by atoms with Crippen LogP contribution in [0.15, 0.2) is 12.1 Å². The van der Waals surface area contributed by atoms with E-state index in [2.05, 4.69) is 31.9 Å². The summed E-state index contributed by atoms with van der Waals surface area (Å²) in [7, 11) is 1.67. The Balaban J connectivity index is 3.25. The van der Waals surface area contributed by atoms with E-state index in [-0.39, 0.29) is 0 Å². The smallest absolute Gasteiger partial charge is 0.127 e. The summed E-state index contributed by atoms with van der Waals surface area (Å²) in [4.78, 5) is 0. The van der Waals surface area contributed by atoms with Crippen LogP contribution in [0.5, 0.6) is 5.75 Å². The fourth-order valence-electron chi connectivity index (χ4n) is 1.17. The number of halogens is 3. The molecule has 0 radical (unpaired) electrons. The Labute approximate surface area is 99.7 Å². The molecule has 0 aliphatic carbocycles. The van der Waals surface area contributed by atoms with Crippen molar-refractivity contribution in [2.45, 2.75) is 10.7 Å². The van der Waals surface area contributed by atoms with Crippen molar-refractivity contribution in [3.8, 4) is 5.75 Å². The van der Waals surface area contributed by atoms with Gasteiger partial charge in [0.15, 0.2) is 0 Å². The molecule has 13 heavy (non-hydrogen) atoms. The molecule has 1 rings (SSSR count). The number of benzene rings is 1. The molecule has 0 aliphatic heterocycles. The van der Waals surface area contributed by atoms with Crippen molar-refractivity contribution in [1.29, 1.82) is 0 Å². The summed E-state index contributed by atoms with van der Waals surface area (Å²) in [6.45, 7) is 0. The first-order valence-corrected chi connectivity index (χ1v) is 6.32. The molecule has 0 aliphatic rings. The second-order valence-corrected chi connectivity index (χ2v) is 4.08. The van der Waals surface area contributed by atoms with E-state index < -0.39 is 0 Å². The highest BCUT2D eigenvalue weighted by Crippen LogP contribution is 2.31. The van der Waals surface area contributed by atoms with Crippen molar-refractivity contribution in [3.05, 3.63) is 28.3 Å². The quantitative estimate of drug-likeness (QED) is 0.758. The first-order valence-electron chi connectivity index (χ1n) is 3.70. The fraction of sp³-hybridized carbons (Fsp3) is 0.333. The van der Waals surface area contributed by atoms with Crippen molar-refractivity contribution in [2.75, 3.05) is 7.11 Å². The van der Waals surface area contributed by atoms with E-state index in [1.165, 1.54) is 0 Å². The number of alkyl halides is 2. The van der Waals surface area contributed by atoms with Crippen LogP contribution in [0.4, 0.5) is 0 Å². The molecule has 1 nitrogen and oxygen atoms in total. The van der Waals surface area contributed by atoms with Gasteiger partial charge in [-0.15, -0.1) is 0 Å². The molecule has 0 fully saturated rings. The lowest BCUT2D eigenvalue weighted by Gasteiger charge is -2.11. The van der Waals surface area contributed by atoms with E-state index >= 15 is 0 Å². The third kappa shape index (κ3) is 2.61. The van der Waals surface area contributed by atoms with Crippen LogP contribution in [0, 0.1) is 0 Å². The molecule has 0 heterocycles. The second-order valence-electron chi connectivity index (χ2n) is 2.52. The van der Waals surface area contributed by atoms with Crippen LogP contribution in [-0.4, -0.2) is 7.11 Å². The molecule has 72 valence electrons. The Kier molecular flexibility index (Phi) is 4.56. The average Bonchev–Trinajstić information content (AvgIpc) is 2.16. The number of methoxy groups -OCH3 is 1. The molecule has 0 N–H and O–H groups in total. The zero-order valence-corrected chi connectivity index (χ0v) is 11.0. The van der Waals surface area contributed by atoms with Crippen molar-refractivity contribution < 1.29 is 4.74 Å². The standard InChI is InChI=1S/C9H9Br2ClO/c1-13-9-6(4-10)2-8(12)3-7(9)5-11/h2-3H,4-5H2,1H3. The van der Waals surface area contributed by atoms with Gasteiger partial charge in [-0.05, 0) is 12.1 Å². The molecule has 4 heteroatoms. The van der Waals surface area contributed by atoms with Crippen LogP contribution in [0.1, 0.15) is 11.1 Å². The maximum absolute atomic E-state index is 5.94. The predicted octanol–water partition coefficient (Wildman–Crippen LogP) is 4.14. The first-order chi connectivity index (χ1) is 6.22. The molecular formula is C9H9Br2ClO. The van der Waals surface area contributed by atoms with Gasteiger partial charge in [0, 0.05) is 26.8 Å². The van der Waals surface area contributed by atoms with Gasteiger partial charge in [-0.25, -0.2) is 0 Å². The van der Waals surface area contributed by atoms with E-state index in [0.717, 1.165) is 32.6 Å². The van der Waals surface area contributed by atoms with Crippen LogP contribution < -0.4 is 4.74 Å². The molecule has 0 bridgehead atoms. The van der Waals surface area contributed by atoms with E-state index in [9.17, 15) is 0 Å². The minimum Gasteiger partial charge on any atom is -0.496 e. The third-order valence-electron chi connectivity index (χ3n) is 1.70. The average molecular weight is 328 g/mol.